The molecule has 1 aromatic rings. The summed E-state index contributed by atoms with van der Waals surface area (Å²) in [6.45, 7) is 9.62. The first-order valence-corrected chi connectivity index (χ1v) is 7.08. The van der Waals surface area contributed by atoms with Crippen LogP contribution in [0.3, 0.4) is 0 Å². The van der Waals surface area contributed by atoms with Gasteiger partial charge in [-0.15, -0.1) is 0 Å². The fourth-order valence-corrected chi connectivity index (χ4v) is 2.66. The Hall–Kier alpha value is -1.29. The van der Waals surface area contributed by atoms with Gasteiger partial charge in [0, 0.05) is 12.1 Å². The number of carbonyl (C=O) groups is 1. The maximum Gasteiger partial charge on any atom is 0.227 e. The molecule has 1 N–H and O–H groups in total. The van der Waals surface area contributed by atoms with Crippen LogP contribution in [0.5, 0.6) is 0 Å². The predicted octanol–water partition coefficient (Wildman–Crippen LogP) is 2.32. The van der Waals surface area contributed by atoms with E-state index in [9.17, 15) is 4.79 Å². The van der Waals surface area contributed by atoms with Crippen LogP contribution >= 0.6 is 0 Å². The number of hydrogen-bond acceptors (Lipinski definition) is 3. The minimum atomic E-state index is 0.0958. The zero-order chi connectivity index (χ0) is 14.0. The van der Waals surface area contributed by atoms with Crippen LogP contribution in [0, 0.1) is 12.8 Å². The smallest absolute Gasteiger partial charge is 0.227 e. The molecule has 1 aliphatic heterocycles. The Labute approximate surface area is 115 Å². The SMILES string of the molecule is Cc1ccc(CN(C(=O)C2CCNC2C)C(C)C)o1. The topological polar surface area (TPSA) is 45.5 Å². The van der Waals surface area contributed by atoms with Gasteiger partial charge in [-0.3, -0.25) is 4.79 Å². The number of aryl methyl sites for hydroxylation is 1. The van der Waals surface area contributed by atoms with Crippen molar-refractivity contribution in [3.63, 3.8) is 0 Å². The molecule has 2 heterocycles. The average Bonchev–Trinajstić information content (AvgIpc) is 2.94. The number of carbonyl (C=O) groups excluding carboxylic acids is 1. The monoisotopic (exact) mass is 264 g/mol. The van der Waals surface area contributed by atoms with Crippen molar-refractivity contribution >= 4 is 5.91 Å². The molecule has 0 radical (unpaired) electrons. The molecule has 0 aromatic carbocycles. The quantitative estimate of drug-likeness (QED) is 0.907. The second-order valence-electron chi connectivity index (χ2n) is 5.71. The van der Waals surface area contributed by atoms with E-state index in [1.165, 1.54) is 0 Å². The number of nitrogens with zero attached hydrogens (tertiary/aromatic N) is 1. The molecule has 1 amide bonds. The highest BCUT2D eigenvalue weighted by Crippen LogP contribution is 2.21. The van der Waals surface area contributed by atoms with E-state index in [-0.39, 0.29) is 23.9 Å². The molecule has 2 rings (SSSR count). The van der Waals surface area contributed by atoms with Crippen LogP contribution in [0.25, 0.3) is 0 Å². The van der Waals surface area contributed by atoms with E-state index < -0.39 is 0 Å². The standard InChI is InChI=1S/C15H24N2O2/c1-10(2)17(9-13-6-5-11(3)19-13)15(18)14-7-8-16-12(14)4/h5-6,10,12,14,16H,7-9H2,1-4H3. The molecular formula is C15H24N2O2. The first kappa shape index (κ1) is 14.1. The first-order valence-electron chi connectivity index (χ1n) is 7.08. The summed E-state index contributed by atoms with van der Waals surface area (Å²) in [6, 6.07) is 4.35. The predicted molar refractivity (Wildman–Crippen MR) is 74.7 cm³/mol. The van der Waals surface area contributed by atoms with Crippen LogP contribution < -0.4 is 5.32 Å². The number of nitrogens with one attached hydrogen (secondary N) is 1. The lowest BCUT2D eigenvalue weighted by molar-refractivity contribution is -0.138. The maximum atomic E-state index is 12.7. The van der Waals surface area contributed by atoms with Gasteiger partial charge in [-0.2, -0.15) is 0 Å². The minimum absolute atomic E-state index is 0.0958. The Balaban J connectivity index is 2.09. The van der Waals surface area contributed by atoms with Crippen molar-refractivity contribution in [1.82, 2.24) is 10.2 Å². The van der Waals surface area contributed by atoms with E-state index >= 15 is 0 Å². The van der Waals surface area contributed by atoms with Gasteiger partial charge in [0.2, 0.25) is 5.91 Å². The van der Waals surface area contributed by atoms with Crippen molar-refractivity contribution in [2.45, 2.75) is 52.7 Å². The van der Waals surface area contributed by atoms with Crippen LogP contribution in [0.1, 0.15) is 38.7 Å². The second-order valence-corrected chi connectivity index (χ2v) is 5.71. The Morgan fingerprint density at radius 1 is 1.53 bits per heavy atom. The maximum absolute atomic E-state index is 12.7. The summed E-state index contributed by atoms with van der Waals surface area (Å²) in [6.07, 6.45) is 0.931. The lowest BCUT2D eigenvalue weighted by Crippen LogP contribution is -2.43. The molecular weight excluding hydrogens is 240 g/mol. The molecule has 2 atom stereocenters. The third-order valence-corrected chi connectivity index (χ3v) is 3.87. The normalized spacial score (nSPS) is 23.0. The van der Waals surface area contributed by atoms with Gasteiger partial charge in [0.25, 0.3) is 0 Å². The summed E-state index contributed by atoms with van der Waals surface area (Å²) in [5, 5.41) is 3.34. The van der Waals surface area contributed by atoms with Crippen LogP contribution in [0.4, 0.5) is 0 Å². The van der Waals surface area contributed by atoms with E-state index in [1.54, 1.807) is 0 Å². The van der Waals surface area contributed by atoms with Gasteiger partial charge in [0.15, 0.2) is 0 Å². The molecule has 0 aliphatic carbocycles. The number of furan rings is 1. The van der Waals surface area contributed by atoms with E-state index in [1.807, 2.05) is 24.0 Å². The van der Waals surface area contributed by atoms with Crippen LogP contribution in [-0.2, 0) is 11.3 Å². The van der Waals surface area contributed by atoms with Gasteiger partial charge in [0.1, 0.15) is 11.5 Å². The Morgan fingerprint density at radius 2 is 2.26 bits per heavy atom. The second kappa shape index (κ2) is 5.78. The summed E-state index contributed by atoms with van der Waals surface area (Å²) in [5.74, 6) is 2.08. The van der Waals surface area contributed by atoms with Gasteiger partial charge in [-0.25, -0.2) is 0 Å². The largest absolute Gasteiger partial charge is 0.464 e. The molecule has 2 unspecified atom stereocenters. The Morgan fingerprint density at radius 3 is 2.74 bits per heavy atom. The van der Waals surface area contributed by atoms with E-state index in [0.29, 0.717) is 6.54 Å². The highest BCUT2D eigenvalue weighted by molar-refractivity contribution is 5.80. The molecule has 1 aliphatic rings. The van der Waals surface area contributed by atoms with E-state index in [4.69, 9.17) is 4.42 Å². The third-order valence-electron chi connectivity index (χ3n) is 3.87. The molecule has 0 bridgehead atoms. The molecule has 106 valence electrons. The summed E-state index contributed by atoms with van der Waals surface area (Å²) in [5.41, 5.74) is 0. The summed E-state index contributed by atoms with van der Waals surface area (Å²) in [4.78, 5) is 14.6. The van der Waals surface area contributed by atoms with Crippen molar-refractivity contribution in [3.8, 4) is 0 Å². The number of rotatable bonds is 4. The zero-order valence-electron chi connectivity index (χ0n) is 12.3. The van der Waals surface area contributed by atoms with Gasteiger partial charge in [-0.05, 0) is 52.8 Å². The number of hydrogen-bond donors (Lipinski definition) is 1. The van der Waals surface area contributed by atoms with Crippen LogP contribution in [0.15, 0.2) is 16.5 Å². The van der Waals surface area contributed by atoms with Crippen molar-refractivity contribution < 1.29 is 9.21 Å². The molecule has 1 fully saturated rings. The van der Waals surface area contributed by atoms with Gasteiger partial charge < -0.3 is 14.6 Å². The molecule has 0 saturated carbocycles. The van der Waals surface area contributed by atoms with E-state index in [2.05, 4.69) is 26.1 Å². The molecule has 1 aromatic heterocycles. The van der Waals surface area contributed by atoms with Crippen molar-refractivity contribution in [1.29, 1.82) is 0 Å². The molecule has 1 saturated heterocycles. The van der Waals surface area contributed by atoms with E-state index in [0.717, 1.165) is 24.5 Å². The van der Waals surface area contributed by atoms with Crippen LogP contribution in [-0.4, -0.2) is 29.4 Å². The van der Waals surface area contributed by atoms with Crippen molar-refractivity contribution in [2.75, 3.05) is 6.54 Å². The first-order chi connectivity index (χ1) is 8.99. The molecule has 0 spiro atoms. The zero-order valence-corrected chi connectivity index (χ0v) is 12.3. The fourth-order valence-electron chi connectivity index (χ4n) is 2.66. The number of amides is 1. The van der Waals surface area contributed by atoms with Gasteiger partial charge in [-0.1, -0.05) is 0 Å². The average molecular weight is 264 g/mol. The third kappa shape index (κ3) is 3.18. The molecule has 4 nitrogen and oxygen atoms in total. The summed E-state index contributed by atoms with van der Waals surface area (Å²) in [7, 11) is 0. The minimum Gasteiger partial charge on any atom is -0.464 e. The van der Waals surface area contributed by atoms with Crippen molar-refractivity contribution in [3.05, 3.63) is 23.7 Å². The lowest BCUT2D eigenvalue weighted by atomic mass is 9.99. The van der Waals surface area contributed by atoms with Crippen molar-refractivity contribution in [2.24, 2.45) is 5.92 Å². The highest BCUT2D eigenvalue weighted by atomic mass is 16.3. The van der Waals surface area contributed by atoms with Crippen LogP contribution in [0.2, 0.25) is 0 Å². The highest BCUT2D eigenvalue weighted by Gasteiger charge is 2.33. The van der Waals surface area contributed by atoms with Gasteiger partial charge in [0.05, 0.1) is 12.5 Å². The summed E-state index contributed by atoms with van der Waals surface area (Å²) >= 11 is 0. The Kier molecular flexibility index (Phi) is 4.30. The lowest BCUT2D eigenvalue weighted by Gasteiger charge is -2.29. The molecule has 19 heavy (non-hydrogen) atoms. The summed E-state index contributed by atoms with van der Waals surface area (Å²) < 4.78 is 5.59. The fraction of sp³-hybridized carbons (Fsp3) is 0.667. The molecule has 4 heteroatoms. The van der Waals surface area contributed by atoms with Gasteiger partial charge >= 0.3 is 0 Å². The Bertz CT molecular complexity index is 439.